The van der Waals surface area contributed by atoms with Crippen molar-refractivity contribution in [3.05, 3.63) is 0 Å². The second kappa shape index (κ2) is 8.24. The lowest BCUT2D eigenvalue weighted by Gasteiger charge is -2.51. The number of hydrogen-bond acceptors (Lipinski definition) is 5. The molecule has 164 valence electrons. The molecule has 0 aromatic heterocycles. The molecule has 2 aliphatic rings. The molecule has 2 bridgehead atoms. The van der Waals surface area contributed by atoms with Gasteiger partial charge in [0.15, 0.2) is 8.32 Å². The molecule has 0 aromatic carbocycles. The van der Waals surface area contributed by atoms with E-state index in [1.165, 1.54) is 0 Å². The smallest absolute Gasteiger partial charge is 0.410 e. The third-order valence-electron chi connectivity index (χ3n) is 6.30. The Balaban J connectivity index is 1.92. The number of nitrogens with zero attached hydrogens (tertiary/aromatic N) is 1. The largest absolute Gasteiger partial charge is 0.444 e. The van der Waals surface area contributed by atoms with Crippen molar-refractivity contribution in [1.82, 2.24) is 4.90 Å². The molecule has 1 amide bonds. The van der Waals surface area contributed by atoms with Crippen molar-refractivity contribution in [3.8, 4) is 0 Å². The number of amides is 1. The van der Waals surface area contributed by atoms with Crippen LogP contribution >= 0.6 is 0 Å². The van der Waals surface area contributed by atoms with Crippen molar-refractivity contribution in [2.24, 2.45) is 0 Å². The zero-order valence-corrected chi connectivity index (χ0v) is 20.1. The number of morpholine rings is 1. The van der Waals surface area contributed by atoms with E-state index in [0.29, 0.717) is 39.1 Å². The van der Waals surface area contributed by atoms with Gasteiger partial charge in [0.25, 0.3) is 0 Å². The molecule has 0 saturated carbocycles. The highest BCUT2D eigenvalue weighted by Gasteiger charge is 2.49. The first-order chi connectivity index (χ1) is 12.6. The molecule has 0 radical (unpaired) electrons. The molecule has 2 aliphatic heterocycles. The summed E-state index contributed by atoms with van der Waals surface area (Å²) in [6.45, 7) is 18.4. The van der Waals surface area contributed by atoms with E-state index < -0.39 is 19.5 Å². The highest BCUT2D eigenvalue weighted by atomic mass is 28.4. The Morgan fingerprint density at radius 3 is 2.14 bits per heavy atom. The van der Waals surface area contributed by atoms with E-state index in [0.717, 1.165) is 6.42 Å². The number of carbonyl (C=O) groups excluding carboxylic acids is 1. The van der Waals surface area contributed by atoms with Crippen molar-refractivity contribution in [3.63, 3.8) is 0 Å². The summed E-state index contributed by atoms with van der Waals surface area (Å²) < 4.78 is 17.5. The minimum atomic E-state index is -1.76. The van der Waals surface area contributed by atoms with Crippen molar-refractivity contribution in [2.75, 3.05) is 19.8 Å². The van der Waals surface area contributed by atoms with Crippen LogP contribution in [0.25, 0.3) is 0 Å². The molecular weight excluding hydrogens is 374 g/mol. The van der Waals surface area contributed by atoms with Crippen molar-refractivity contribution >= 4 is 14.4 Å². The van der Waals surface area contributed by atoms with E-state index in [4.69, 9.17) is 13.9 Å². The highest BCUT2D eigenvalue weighted by Crippen LogP contribution is 2.39. The van der Waals surface area contributed by atoms with Gasteiger partial charge in [0.2, 0.25) is 0 Å². The van der Waals surface area contributed by atoms with Crippen LogP contribution in [0.4, 0.5) is 4.79 Å². The summed E-state index contributed by atoms with van der Waals surface area (Å²) in [7, 11) is -1.76. The summed E-state index contributed by atoms with van der Waals surface area (Å²) >= 11 is 0. The van der Waals surface area contributed by atoms with Gasteiger partial charge in [-0.15, -0.1) is 0 Å². The molecule has 1 N–H and O–H groups in total. The van der Waals surface area contributed by atoms with E-state index in [-0.39, 0.29) is 23.2 Å². The Hall–Kier alpha value is -0.633. The van der Waals surface area contributed by atoms with Crippen molar-refractivity contribution < 1.29 is 23.8 Å². The van der Waals surface area contributed by atoms with Gasteiger partial charge >= 0.3 is 6.09 Å². The van der Waals surface area contributed by atoms with E-state index >= 15 is 0 Å². The van der Waals surface area contributed by atoms with Crippen LogP contribution in [0, 0.1) is 0 Å². The Kier molecular flexibility index (Phi) is 6.96. The molecule has 0 spiro atoms. The first-order valence-corrected chi connectivity index (χ1v) is 13.5. The zero-order chi connectivity index (χ0) is 21.4. The second-order valence-electron chi connectivity index (χ2n) is 11.1. The lowest BCUT2D eigenvalue weighted by Crippen LogP contribution is -2.64. The normalized spacial score (nSPS) is 29.0. The van der Waals surface area contributed by atoms with E-state index in [9.17, 15) is 9.90 Å². The molecule has 2 atom stereocenters. The predicted molar refractivity (Wildman–Crippen MR) is 113 cm³/mol. The maximum atomic E-state index is 12.7. The average Bonchev–Trinajstić information content (AvgIpc) is 2.48. The maximum Gasteiger partial charge on any atom is 0.410 e. The Morgan fingerprint density at radius 2 is 1.68 bits per heavy atom. The summed E-state index contributed by atoms with van der Waals surface area (Å²) in [5, 5.41) is 11.4. The Labute approximate surface area is 172 Å². The van der Waals surface area contributed by atoms with Gasteiger partial charge in [0.05, 0.1) is 30.9 Å². The molecule has 2 rings (SSSR count). The molecule has 28 heavy (non-hydrogen) atoms. The number of piperidine rings is 1. The number of ether oxygens (including phenoxy) is 2. The standard InChI is InChI=1S/C21H41NO5Si/c1-19(2,3)27-18(23)22-16-12-21(24,13-17(22)15-25-14-16)10-9-11-26-28(7,8)20(4,5)6/h16-17,24H,9-15H2,1-8H3. The van der Waals surface area contributed by atoms with Crippen LogP contribution in [-0.2, 0) is 13.9 Å². The fraction of sp³-hybridized carbons (Fsp3) is 0.952. The molecular formula is C21H41NO5Si. The van der Waals surface area contributed by atoms with Gasteiger partial charge in [-0.05, 0) is 64.6 Å². The highest BCUT2D eigenvalue weighted by molar-refractivity contribution is 6.74. The Bertz CT molecular complexity index is 538. The minimum Gasteiger partial charge on any atom is -0.444 e. The summed E-state index contributed by atoms with van der Waals surface area (Å²) in [5.41, 5.74) is -1.30. The quantitative estimate of drug-likeness (QED) is 0.535. The fourth-order valence-electron chi connectivity index (χ4n) is 3.84. The first kappa shape index (κ1) is 23.6. The summed E-state index contributed by atoms with van der Waals surface area (Å²) in [5.74, 6) is 0. The summed E-state index contributed by atoms with van der Waals surface area (Å²) in [6.07, 6.45) is 2.28. The molecule has 2 saturated heterocycles. The maximum absolute atomic E-state index is 12.7. The first-order valence-electron chi connectivity index (χ1n) is 10.6. The van der Waals surface area contributed by atoms with Gasteiger partial charge < -0.3 is 19.0 Å². The number of fused-ring (bicyclic) bond motifs is 2. The molecule has 2 heterocycles. The predicted octanol–water partition coefficient (Wildman–Crippen LogP) is 4.32. The van der Waals surface area contributed by atoms with Crippen LogP contribution in [0.3, 0.4) is 0 Å². The van der Waals surface area contributed by atoms with Crippen LogP contribution in [0.5, 0.6) is 0 Å². The van der Waals surface area contributed by atoms with Gasteiger partial charge in [0, 0.05) is 6.61 Å². The number of aliphatic hydroxyl groups is 1. The van der Waals surface area contributed by atoms with Crippen LogP contribution < -0.4 is 0 Å². The van der Waals surface area contributed by atoms with E-state index in [2.05, 4.69) is 33.9 Å². The number of carbonyl (C=O) groups is 1. The second-order valence-corrected chi connectivity index (χ2v) is 15.9. The van der Waals surface area contributed by atoms with E-state index in [1.54, 1.807) is 4.90 Å². The van der Waals surface area contributed by atoms with Gasteiger partial charge in [-0.25, -0.2) is 4.79 Å². The molecule has 7 heteroatoms. The third-order valence-corrected chi connectivity index (χ3v) is 10.8. The average molecular weight is 416 g/mol. The summed E-state index contributed by atoms with van der Waals surface area (Å²) in [4.78, 5) is 14.5. The van der Waals surface area contributed by atoms with Gasteiger partial charge in [-0.2, -0.15) is 0 Å². The number of hydrogen-bond donors (Lipinski definition) is 1. The molecule has 2 unspecified atom stereocenters. The van der Waals surface area contributed by atoms with Crippen molar-refractivity contribution in [2.45, 2.75) is 109 Å². The molecule has 0 aliphatic carbocycles. The summed E-state index contributed by atoms with van der Waals surface area (Å²) in [6, 6.07) is -0.262. The van der Waals surface area contributed by atoms with Crippen LogP contribution in [-0.4, -0.2) is 67.5 Å². The monoisotopic (exact) mass is 415 g/mol. The van der Waals surface area contributed by atoms with Gasteiger partial charge in [-0.3, -0.25) is 4.90 Å². The number of rotatable bonds is 5. The van der Waals surface area contributed by atoms with Crippen molar-refractivity contribution in [1.29, 1.82) is 0 Å². The fourth-order valence-corrected chi connectivity index (χ4v) is 4.92. The van der Waals surface area contributed by atoms with Gasteiger partial charge in [-0.1, -0.05) is 20.8 Å². The van der Waals surface area contributed by atoms with E-state index in [1.807, 2.05) is 20.8 Å². The zero-order valence-electron chi connectivity index (χ0n) is 19.1. The van der Waals surface area contributed by atoms with Gasteiger partial charge in [0.1, 0.15) is 5.60 Å². The molecule has 2 fully saturated rings. The van der Waals surface area contributed by atoms with Crippen LogP contribution in [0.1, 0.15) is 67.2 Å². The van der Waals surface area contributed by atoms with Crippen LogP contribution in [0.2, 0.25) is 18.1 Å². The Morgan fingerprint density at radius 1 is 1.14 bits per heavy atom. The molecule has 6 nitrogen and oxygen atoms in total. The van der Waals surface area contributed by atoms with Crippen LogP contribution in [0.15, 0.2) is 0 Å². The topological polar surface area (TPSA) is 68.2 Å². The lowest BCUT2D eigenvalue weighted by molar-refractivity contribution is -0.140. The lowest BCUT2D eigenvalue weighted by atomic mass is 9.78. The molecule has 0 aromatic rings. The SMILES string of the molecule is CC(C)(C)OC(=O)N1C2COCC1CC(O)(CCCO[Si](C)(C)C(C)(C)C)C2. The third kappa shape index (κ3) is 5.94. The minimum absolute atomic E-state index is 0.131.